The molecule has 0 fully saturated rings. The van der Waals surface area contributed by atoms with Gasteiger partial charge in [0, 0.05) is 6.61 Å². The van der Waals surface area contributed by atoms with E-state index in [9.17, 15) is 0 Å². The lowest BCUT2D eigenvalue weighted by atomic mass is 10.3. The Morgan fingerprint density at radius 3 is 1.76 bits per heavy atom. The van der Waals surface area contributed by atoms with Crippen molar-refractivity contribution in [3.8, 4) is 0 Å². The van der Waals surface area contributed by atoms with E-state index >= 15 is 0 Å². The summed E-state index contributed by atoms with van der Waals surface area (Å²) in [5.74, 6) is 0. The van der Waals surface area contributed by atoms with Crippen molar-refractivity contribution in [1.82, 2.24) is 0 Å². The first-order valence-corrected chi connectivity index (χ1v) is 7.78. The molecule has 1 atom stereocenters. The Morgan fingerprint density at radius 1 is 0.762 bits per heavy atom. The minimum atomic E-state index is -0.0889. The lowest BCUT2D eigenvalue weighted by Crippen LogP contribution is -2.29. The van der Waals surface area contributed by atoms with Gasteiger partial charge in [-0.1, -0.05) is 6.92 Å². The van der Waals surface area contributed by atoms with Gasteiger partial charge in [-0.2, -0.15) is 0 Å². The van der Waals surface area contributed by atoms with Gasteiger partial charge in [0.1, 0.15) is 6.10 Å². The van der Waals surface area contributed by atoms with Crippen LogP contribution in [-0.4, -0.2) is 76.8 Å². The van der Waals surface area contributed by atoms with Gasteiger partial charge in [0.05, 0.1) is 59.0 Å². The van der Waals surface area contributed by atoms with E-state index in [1.54, 1.807) is 0 Å². The Labute approximate surface area is 128 Å². The zero-order chi connectivity index (χ0) is 15.8. The highest BCUT2D eigenvalue weighted by Gasteiger charge is 2.12. The Bertz CT molecular complexity index is 185. The molecular formula is C15H32O6. The number of aliphatic hydroxyl groups is 1. The molecular weight excluding hydrogens is 276 g/mol. The molecule has 0 saturated carbocycles. The van der Waals surface area contributed by atoms with Gasteiger partial charge in [-0.15, -0.1) is 0 Å². The lowest BCUT2D eigenvalue weighted by molar-refractivity contribution is -0.0915. The van der Waals surface area contributed by atoms with Gasteiger partial charge >= 0.3 is 0 Å². The molecule has 0 aliphatic rings. The van der Waals surface area contributed by atoms with E-state index in [2.05, 4.69) is 6.92 Å². The molecule has 0 aliphatic heterocycles. The van der Waals surface area contributed by atoms with Gasteiger partial charge < -0.3 is 28.8 Å². The summed E-state index contributed by atoms with van der Waals surface area (Å²) in [6.07, 6.45) is 1.06. The summed E-state index contributed by atoms with van der Waals surface area (Å²) in [4.78, 5) is 0. The molecule has 0 saturated heterocycles. The maximum absolute atomic E-state index is 8.57. The third-order valence-electron chi connectivity index (χ3n) is 2.40. The van der Waals surface area contributed by atoms with Gasteiger partial charge in [0.15, 0.2) is 0 Å². The van der Waals surface area contributed by atoms with Crippen molar-refractivity contribution in [1.29, 1.82) is 0 Å². The SMILES string of the molecule is CCCOCCOCC(COCCOCCO)OC(C)C. The van der Waals surface area contributed by atoms with E-state index in [0.29, 0.717) is 46.2 Å². The van der Waals surface area contributed by atoms with Crippen molar-refractivity contribution in [3.05, 3.63) is 0 Å². The maximum Gasteiger partial charge on any atom is 0.104 e. The molecule has 1 N–H and O–H groups in total. The predicted octanol–water partition coefficient (Wildman–Crippen LogP) is 1.25. The average Bonchev–Trinajstić information content (AvgIpc) is 2.45. The van der Waals surface area contributed by atoms with Gasteiger partial charge in [0.2, 0.25) is 0 Å². The van der Waals surface area contributed by atoms with E-state index in [0.717, 1.165) is 13.0 Å². The number of hydrogen-bond donors (Lipinski definition) is 1. The smallest absolute Gasteiger partial charge is 0.104 e. The summed E-state index contributed by atoms with van der Waals surface area (Å²) in [5.41, 5.74) is 0. The second-order valence-corrected chi connectivity index (χ2v) is 4.91. The standard InChI is InChI=1S/C15H32O6/c1-4-6-17-8-10-19-12-15(21-14(2)3)13-20-11-9-18-7-5-16/h14-16H,4-13H2,1-3H3. The van der Waals surface area contributed by atoms with Crippen molar-refractivity contribution in [2.45, 2.75) is 39.4 Å². The van der Waals surface area contributed by atoms with Crippen molar-refractivity contribution in [2.75, 3.05) is 59.5 Å². The first kappa shape index (κ1) is 20.8. The second-order valence-electron chi connectivity index (χ2n) is 4.91. The van der Waals surface area contributed by atoms with Crippen LogP contribution >= 0.6 is 0 Å². The summed E-state index contributed by atoms with van der Waals surface area (Å²) in [6, 6.07) is 0. The highest BCUT2D eigenvalue weighted by Crippen LogP contribution is 2.00. The molecule has 6 nitrogen and oxygen atoms in total. The molecule has 0 rings (SSSR count). The highest BCUT2D eigenvalue weighted by molar-refractivity contribution is 4.57. The Hall–Kier alpha value is -0.240. The fourth-order valence-electron chi connectivity index (χ4n) is 1.59. The van der Waals surface area contributed by atoms with Crippen LogP contribution in [0, 0.1) is 0 Å². The van der Waals surface area contributed by atoms with Crippen LogP contribution < -0.4 is 0 Å². The molecule has 0 amide bonds. The van der Waals surface area contributed by atoms with Crippen molar-refractivity contribution < 1.29 is 28.8 Å². The molecule has 21 heavy (non-hydrogen) atoms. The Balaban J connectivity index is 3.62. The molecule has 0 heterocycles. The molecule has 128 valence electrons. The molecule has 1 unspecified atom stereocenters. The number of hydrogen-bond acceptors (Lipinski definition) is 6. The summed E-state index contributed by atoms with van der Waals surface area (Å²) < 4.78 is 27.2. The largest absolute Gasteiger partial charge is 0.394 e. The van der Waals surface area contributed by atoms with Gasteiger partial charge in [-0.25, -0.2) is 0 Å². The minimum absolute atomic E-state index is 0.0347. The van der Waals surface area contributed by atoms with Gasteiger partial charge in [-0.3, -0.25) is 0 Å². The first-order valence-electron chi connectivity index (χ1n) is 7.78. The lowest BCUT2D eigenvalue weighted by Gasteiger charge is -2.20. The van der Waals surface area contributed by atoms with Gasteiger partial charge in [0.25, 0.3) is 0 Å². The van der Waals surface area contributed by atoms with Crippen molar-refractivity contribution in [3.63, 3.8) is 0 Å². The van der Waals surface area contributed by atoms with Crippen molar-refractivity contribution >= 4 is 0 Å². The highest BCUT2D eigenvalue weighted by atomic mass is 16.6. The van der Waals surface area contributed by atoms with Crippen LogP contribution in [0.4, 0.5) is 0 Å². The first-order chi connectivity index (χ1) is 10.2. The van der Waals surface area contributed by atoms with Crippen LogP contribution in [0.15, 0.2) is 0 Å². The molecule has 0 radical (unpaired) electrons. The average molecular weight is 308 g/mol. The van der Waals surface area contributed by atoms with Crippen LogP contribution in [0.5, 0.6) is 0 Å². The van der Waals surface area contributed by atoms with Crippen molar-refractivity contribution in [2.24, 2.45) is 0 Å². The number of ether oxygens (including phenoxy) is 5. The molecule has 0 spiro atoms. The van der Waals surface area contributed by atoms with E-state index < -0.39 is 0 Å². The second kappa shape index (κ2) is 16.1. The summed E-state index contributed by atoms with van der Waals surface area (Å²) in [6.45, 7) is 10.3. The maximum atomic E-state index is 8.57. The zero-order valence-electron chi connectivity index (χ0n) is 13.7. The fraction of sp³-hybridized carbons (Fsp3) is 1.00. The molecule has 0 bridgehead atoms. The monoisotopic (exact) mass is 308 g/mol. The molecule has 6 heteroatoms. The third-order valence-corrected chi connectivity index (χ3v) is 2.40. The number of aliphatic hydroxyl groups excluding tert-OH is 1. The summed E-state index contributed by atoms with van der Waals surface area (Å²) in [5, 5.41) is 8.57. The molecule has 0 aromatic carbocycles. The Kier molecular flexibility index (Phi) is 16.0. The predicted molar refractivity (Wildman–Crippen MR) is 80.7 cm³/mol. The molecule has 0 aromatic heterocycles. The van der Waals surface area contributed by atoms with Crippen LogP contribution in [0.3, 0.4) is 0 Å². The van der Waals surface area contributed by atoms with E-state index in [4.69, 9.17) is 28.8 Å². The van der Waals surface area contributed by atoms with E-state index in [1.165, 1.54) is 0 Å². The molecule has 0 aromatic rings. The van der Waals surface area contributed by atoms with Crippen LogP contribution in [0.25, 0.3) is 0 Å². The molecule has 0 aliphatic carbocycles. The van der Waals surface area contributed by atoms with Crippen LogP contribution in [0.2, 0.25) is 0 Å². The van der Waals surface area contributed by atoms with E-state index in [1.807, 2.05) is 13.8 Å². The fourth-order valence-corrected chi connectivity index (χ4v) is 1.59. The van der Waals surface area contributed by atoms with Gasteiger partial charge in [-0.05, 0) is 20.3 Å². The quantitative estimate of drug-likeness (QED) is 0.433. The Morgan fingerprint density at radius 2 is 1.29 bits per heavy atom. The number of rotatable bonds is 16. The van der Waals surface area contributed by atoms with E-state index in [-0.39, 0.29) is 18.8 Å². The minimum Gasteiger partial charge on any atom is -0.394 e. The zero-order valence-corrected chi connectivity index (χ0v) is 13.7. The van der Waals surface area contributed by atoms with Crippen LogP contribution in [-0.2, 0) is 23.7 Å². The summed E-state index contributed by atoms with van der Waals surface area (Å²) in [7, 11) is 0. The topological polar surface area (TPSA) is 66.4 Å². The normalized spacial score (nSPS) is 13.0. The summed E-state index contributed by atoms with van der Waals surface area (Å²) >= 11 is 0. The van der Waals surface area contributed by atoms with Crippen LogP contribution in [0.1, 0.15) is 27.2 Å². The third kappa shape index (κ3) is 16.0.